The molecule has 66 valence electrons. The molecule has 0 bridgehead atoms. The first kappa shape index (κ1) is 11.1. The summed E-state index contributed by atoms with van der Waals surface area (Å²) in [5.41, 5.74) is -0.422. The fraction of sp³-hybridized carbons (Fsp3) is 0.857. The van der Waals surface area contributed by atoms with E-state index in [1.54, 1.807) is 0 Å². The van der Waals surface area contributed by atoms with E-state index in [9.17, 15) is 4.79 Å². The number of hydrogen-bond acceptors (Lipinski definition) is 1. The van der Waals surface area contributed by atoms with Crippen LogP contribution in [0.15, 0.2) is 0 Å². The van der Waals surface area contributed by atoms with Crippen molar-refractivity contribution in [1.82, 2.24) is 0 Å². The third-order valence-electron chi connectivity index (χ3n) is 1.84. The summed E-state index contributed by atoms with van der Waals surface area (Å²) >= 11 is 11.2. The average Bonchev–Trinajstić information content (AvgIpc) is 2.00. The summed E-state index contributed by atoms with van der Waals surface area (Å²) in [4.78, 5) is 10.4. The lowest BCUT2D eigenvalue weighted by Crippen LogP contribution is -2.27. The van der Waals surface area contributed by atoms with Crippen molar-refractivity contribution < 1.29 is 9.90 Å². The van der Waals surface area contributed by atoms with Crippen LogP contribution in [0.4, 0.5) is 0 Å². The lowest BCUT2D eigenvalue weighted by atomic mass is 9.86. The summed E-state index contributed by atoms with van der Waals surface area (Å²) in [7, 11) is 0. The standard InChI is InChI=1S/C7H12Cl2O2/c1-2-7(4-8,5-9)3-6(10)11/h2-5H2,1H3,(H,10,11). The molecule has 0 aromatic heterocycles. The van der Waals surface area contributed by atoms with E-state index in [1.807, 2.05) is 6.92 Å². The summed E-state index contributed by atoms with van der Waals surface area (Å²) in [6.45, 7) is 1.90. The van der Waals surface area contributed by atoms with Gasteiger partial charge in [0.1, 0.15) is 0 Å². The van der Waals surface area contributed by atoms with Gasteiger partial charge in [0, 0.05) is 17.2 Å². The van der Waals surface area contributed by atoms with E-state index in [0.29, 0.717) is 18.2 Å². The van der Waals surface area contributed by atoms with Gasteiger partial charge in [0.15, 0.2) is 0 Å². The number of aliphatic carboxylic acids is 1. The van der Waals surface area contributed by atoms with Crippen LogP contribution in [0.5, 0.6) is 0 Å². The quantitative estimate of drug-likeness (QED) is 0.690. The van der Waals surface area contributed by atoms with Crippen molar-refractivity contribution in [1.29, 1.82) is 0 Å². The minimum absolute atomic E-state index is 0.0521. The highest BCUT2D eigenvalue weighted by Gasteiger charge is 2.29. The second-order valence-corrected chi connectivity index (χ2v) is 3.23. The Morgan fingerprint density at radius 1 is 1.45 bits per heavy atom. The molecule has 1 N–H and O–H groups in total. The highest BCUT2D eigenvalue weighted by molar-refractivity contribution is 6.21. The molecule has 4 heteroatoms. The fourth-order valence-electron chi connectivity index (χ4n) is 0.765. The number of carboxylic acids is 1. The molecule has 0 unspecified atom stereocenters. The second-order valence-electron chi connectivity index (χ2n) is 2.69. The van der Waals surface area contributed by atoms with Crippen LogP contribution < -0.4 is 0 Å². The van der Waals surface area contributed by atoms with E-state index in [1.165, 1.54) is 0 Å². The highest BCUT2D eigenvalue weighted by Crippen LogP contribution is 2.29. The molecule has 0 rings (SSSR count). The molecule has 0 spiro atoms. The number of hydrogen-bond donors (Lipinski definition) is 1. The molecule has 0 aromatic carbocycles. The van der Waals surface area contributed by atoms with Crippen LogP contribution in [-0.2, 0) is 4.79 Å². The molecule has 0 radical (unpaired) electrons. The largest absolute Gasteiger partial charge is 0.481 e. The van der Waals surface area contributed by atoms with Gasteiger partial charge in [0.25, 0.3) is 0 Å². The van der Waals surface area contributed by atoms with Gasteiger partial charge in [-0.1, -0.05) is 6.92 Å². The molecule has 11 heavy (non-hydrogen) atoms. The van der Waals surface area contributed by atoms with Crippen molar-refractivity contribution in [2.24, 2.45) is 5.41 Å². The van der Waals surface area contributed by atoms with Crippen LogP contribution in [0.25, 0.3) is 0 Å². The Balaban J connectivity index is 4.16. The Morgan fingerprint density at radius 3 is 2.00 bits per heavy atom. The Bertz CT molecular complexity index is 124. The van der Waals surface area contributed by atoms with Crippen LogP contribution in [0, 0.1) is 5.41 Å². The van der Waals surface area contributed by atoms with Crippen molar-refractivity contribution in [3.05, 3.63) is 0 Å². The molecule has 0 saturated heterocycles. The SMILES string of the molecule is CCC(CCl)(CCl)CC(=O)O. The van der Waals surface area contributed by atoms with Crippen molar-refractivity contribution in [3.8, 4) is 0 Å². The summed E-state index contributed by atoms with van der Waals surface area (Å²) in [6.07, 6.45) is 0.753. The first-order chi connectivity index (χ1) is 5.10. The average molecular weight is 199 g/mol. The van der Waals surface area contributed by atoms with Crippen LogP contribution in [0.2, 0.25) is 0 Å². The van der Waals surface area contributed by atoms with Gasteiger partial charge in [-0.25, -0.2) is 0 Å². The lowest BCUT2D eigenvalue weighted by Gasteiger charge is -2.25. The van der Waals surface area contributed by atoms with Gasteiger partial charge >= 0.3 is 5.97 Å². The first-order valence-corrected chi connectivity index (χ1v) is 4.51. The summed E-state index contributed by atoms with van der Waals surface area (Å²) in [5, 5.41) is 8.53. The van der Waals surface area contributed by atoms with Gasteiger partial charge in [-0.3, -0.25) is 4.79 Å². The molecule has 0 heterocycles. The van der Waals surface area contributed by atoms with Gasteiger partial charge in [-0.15, -0.1) is 23.2 Å². The minimum atomic E-state index is -0.840. The highest BCUT2D eigenvalue weighted by atomic mass is 35.5. The zero-order valence-corrected chi connectivity index (χ0v) is 7.95. The van der Waals surface area contributed by atoms with E-state index in [2.05, 4.69) is 0 Å². The molecule has 0 saturated carbocycles. The van der Waals surface area contributed by atoms with Crippen molar-refractivity contribution in [2.75, 3.05) is 11.8 Å². The van der Waals surface area contributed by atoms with Gasteiger partial charge in [-0.2, -0.15) is 0 Å². The number of carboxylic acid groups (broad SMARTS) is 1. The van der Waals surface area contributed by atoms with Crippen LogP contribution in [0.1, 0.15) is 19.8 Å². The maximum Gasteiger partial charge on any atom is 0.303 e. The van der Waals surface area contributed by atoms with E-state index in [4.69, 9.17) is 28.3 Å². The van der Waals surface area contributed by atoms with Crippen molar-refractivity contribution >= 4 is 29.2 Å². The Labute approximate surface area is 76.5 Å². The molecule has 0 fully saturated rings. The number of halogens is 2. The molecule has 0 amide bonds. The van der Waals surface area contributed by atoms with Crippen LogP contribution in [-0.4, -0.2) is 22.8 Å². The van der Waals surface area contributed by atoms with E-state index < -0.39 is 11.4 Å². The lowest BCUT2D eigenvalue weighted by molar-refractivity contribution is -0.139. The van der Waals surface area contributed by atoms with Gasteiger partial charge in [-0.05, 0) is 6.42 Å². The van der Waals surface area contributed by atoms with Crippen molar-refractivity contribution in [3.63, 3.8) is 0 Å². The van der Waals surface area contributed by atoms with E-state index in [-0.39, 0.29) is 6.42 Å². The number of alkyl halides is 2. The van der Waals surface area contributed by atoms with Crippen LogP contribution >= 0.6 is 23.2 Å². The van der Waals surface area contributed by atoms with E-state index in [0.717, 1.165) is 0 Å². The molecule has 0 aromatic rings. The summed E-state index contributed by atoms with van der Waals surface area (Å²) < 4.78 is 0. The third kappa shape index (κ3) is 3.30. The van der Waals surface area contributed by atoms with E-state index >= 15 is 0 Å². The predicted octanol–water partition coefficient (Wildman–Crippen LogP) is 2.34. The Hall–Kier alpha value is 0.0500. The fourth-order valence-corrected chi connectivity index (χ4v) is 1.62. The molecule has 2 nitrogen and oxygen atoms in total. The monoisotopic (exact) mass is 198 g/mol. The maximum atomic E-state index is 10.4. The first-order valence-electron chi connectivity index (χ1n) is 3.44. The van der Waals surface area contributed by atoms with Gasteiger partial charge < -0.3 is 5.11 Å². The zero-order valence-electron chi connectivity index (χ0n) is 6.44. The van der Waals surface area contributed by atoms with Crippen molar-refractivity contribution in [2.45, 2.75) is 19.8 Å². The van der Waals surface area contributed by atoms with Crippen LogP contribution in [0.3, 0.4) is 0 Å². The second kappa shape index (κ2) is 4.83. The maximum absolute atomic E-state index is 10.4. The molecular weight excluding hydrogens is 187 g/mol. The normalized spacial score (nSPS) is 11.5. The molecule has 0 aliphatic carbocycles. The van der Waals surface area contributed by atoms with Gasteiger partial charge in [0.2, 0.25) is 0 Å². The molecule has 0 aliphatic heterocycles. The number of carbonyl (C=O) groups is 1. The molecule has 0 atom stereocenters. The minimum Gasteiger partial charge on any atom is -0.481 e. The Morgan fingerprint density at radius 2 is 1.91 bits per heavy atom. The molecular formula is C7H12Cl2O2. The van der Waals surface area contributed by atoms with Gasteiger partial charge in [0.05, 0.1) is 6.42 Å². The topological polar surface area (TPSA) is 37.3 Å². The number of rotatable bonds is 5. The zero-order chi connectivity index (χ0) is 8.91. The summed E-state index contributed by atoms with van der Waals surface area (Å²) in [5.74, 6) is -0.230. The molecule has 0 aliphatic rings. The smallest absolute Gasteiger partial charge is 0.303 e. The predicted molar refractivity (Wildman–Crippen MR) is 46.4 cm³/mol. The Kier molecular flexibility index (Phi) is 4.86. The summed E-state index contributed by atoms with van der Waals surface area (Å²) in [6, 6.07) is 0. The third-order valence-corrected chi connectivity index (χ3v) is 2.98.